The topological polar surface area (TPSA) is 65.0 Å². The van der Waals surface area contributed by atoms with Crippen LogP contribution in [0.3, 0.4) is 0 Å². The Balaban J connectivity index is 1.75. The largest absolute Gasteiger partial charge is 0.497 e. The third kappa shape index (κ3) is 5.30. The molecule has 5 heteroatoms. The molecule has 1 atom stereocenters. The average Bonchev–Trinajstić information content (AvgIpc) is 2.59. The van der Waals surface area contributed by atoms with E-state index in [1.165, 1.54) is 6.92 Å². The molecule has 1 N–H and O–H groups in total. The first-order chi connectivity index (χ1) is 11.1. The Morgan fingerprint density at radius 1 is 0.913 bits per heavy atom. The Hall–Kier alpha value is -2.53. The molecule has 0 fully saturated rings. The van der Waals surface area contributed by atoms with Gasteiger partial charge in [-0.3, -0.25) is 4.79 Å². The molecule has 2 aromatic carbocycles. The molecule has 5 nitrogen and oxygen atoms in total. The van der Waals surface area contributed by atoms with Crippen LogP contribution in [0, 0.1) is 0 Å². The van der Waals surface area contributed by atoms with E-state index >= 15 is 0 Å². The number of methoxy groups -OCH3 is 1. The van der Waals surface area contributed by atoms with Crippen molar-refractivity contribution < 1.29 is 24.1 Å². The Morgan fingerprint density at radius 3 is 1.78 bits per heavy atom. The van der Waals surface area contributed by atoms with Gasteiger partial charge in [0.15, 0.2) is 5.78 Å². The van der Waals surface area contributed by atoms with E-state index in [-0.39, 0.29) is 19.0 Å². The fraction of sp³-hybridized carbons (Fsp3) is 0.278. The number of rotatable bonds is 8. The van der Waals surface area contributed by atoms with Gasteiger partial charge >= 0.3 is 0 Å². The quantitative estimate of drug-likeness (QED) is 0.759. The predicted octanol–water partition coefficient (Wildman–Crippen LogP) is 2.72. The number of hydrogen-bond acceptors (Lipinski definition) is 5. The first kappa shape index (κ1) is 16.8. The number of Topliss-reactive ketones (excluding diaryl/α,β-unsaturated/α-hetero) is 1. The van der Waals surface area contributed by atoms with E-state index in [1.54, 1.807) is 55.6 Å². The fourth-order valence-electron chi connectivity index (χ4n) is 1.89. The molecule has 0 aliphatic carbocycles. The number of aliphatic hydroxyl groups excluding tert-OH is 1. The fourth-order valence-corrected chi connectivity index (χ4v) is 1.89. The van der Waals surface area contributed by atoms with Gasteiger partial charge in [-0.1, -0.05) is 0 Å². The maximum Gasteiger partial charge on any atom is 0.159 e. The number of carbonyl (C=O) groups is 1. The molecule has 23 heavy (non-hydrogen) atoms. The highest BCUT2D eigenvalue weighted by Crippen LogP contribution is 2.17. The lowest BCUT2D eigenvalue weighted by Gasteiger charge is -2.14. The molecule has 0 bridgehead atoms. The van der Waals surface area contributed by atoms with Crippen LogP contribution in [0.15, 0.2) is 48.5 Å². The summed E-state index contributed by atoms with van der Waals surface area (Å²) >= 11 is 0. The highest BCUT2D eigenvalue weighted by molar-refractivity contribution is 5.94. The maximum absolute atomic E-state index is 11.2. The summed E-state index contributed by atoms with van der Waals surface area (Å²) in [4.78, 5) is 11.2. The molecule has 0 aromatic heterocycles. The van der Waals surface area contributed by atoms with E-state index in [9.17, 15) is 9.90 Å². The highest BCUT2D eigenvalue weighted by Gasteiger charge is 2.07. The van der Waals surface area contributed by atoms with E-state index in [0.29, 0.717) is 17.1 Å². The van der Waals surface area contributed by atoms with E-state index in [4.69, 9.17) is 14.2 Å². The van der Waals surface area contributed by atoms with Crippen molar-refractivity contribution in [1.82, 2.24) is 0 Å². The number of hydrogen-bond donors (Lipinski definition) is 1. The number of aliphatic hydroxyl groups is 1. The van der Waals surface area contributed by atoms with Gasteiger partial charge in [-0.2, -0.15) is 0 Å². The molecular weight excluding hydrogens is 296 g/mol. The molecule has 122 valence electrons. The van der Waals surface area contributed by atoms with Crippen molar-refractivity contribution >= 4 is 5.78 Å². The summed E-state index contributed by atoms with van der Waals surface area (Å²) in [5, 5.41) is 9.89. The Kier molecular flexibility index (Phi) is 6.00. The van der Waals surface area contributed by atoms with Crippen LogP contribution in [-0.2, 0) is 0 Å². The lowest BCUT2D eigenvalue weighted by Crippen LogP contribution is -2.25. The van der Waals surface area contributed by atoms with E-state index in [1.807, 2.05) is 0 Å². The van der Waals surface area contributed by atoms with Crippen molar-refractivity contribution in [2.45, 2.75) is 13.0 Å². The third-order valence-corrected chi connectivity index (χ3v) is 3.21. The molecule has 0 saturated heterocycles. The van der Waals surface area contributed by atoms with Crippen molar-refractivity contribution in [3.8, 4) is 17.2 Å². The van der Waals surface area contributed by atoms with Crippen LogP contribution in [0.25, 0.3) is 0 Å². The number of ketones is 1. The molecular formula is C18H20O5. The molecule has 1 unspecified atom stereocenters. The summed E-state index contributed by atoms with van der Waals surface area (Å²) in [7, 11) is 1.60. The summed E-state index contributed by atoms with van der Waals surface area (Å²) in [6.45, 7) is 1.74. The second kappa shape index (κ2) is 8.19. The van der Waals surface area contributed by atoms with Gasteiger partial charge < -0.3 is 19.3 Å². The van der Waals surface area contributed by atoms with Gasteiger partial charge in [-0.05, 0) is 55.5 Å². The Bertz CT molecular complexity index is 619. The van der Waals surface area contributed by atoms with Crippen LogP contribution in [0.5, 0.6) is 17.2 Å². The second-order valence-corrected chi connectivity index (χ2v) is 5.03. The lowest BCUT2D eigenvalue weighted by molar-refractivity contribution is 0.0626. The van der Waals surface area contributed by atoms with Gasteiger partial charge in [0.1, 0.15) is 36.6 Å². The van der Waals surface area contributed by atoms with Gasteiger partial charge in [0.05, 0.1) is 7.11 Å². The maximum atomic E-state index is 11.2. The van der Waals surface area contributed by atoms with Gasteiger partial charge in [0.2, 0.25) is 0 Å². The SMILES string of the molecule is COc1ccc(OCC(O)COc2ccc(C(C)=O)cc2)cc1. The molecule has 0 aliphatic rings. The predicted molar refractivity (Wildman–Crippen MR) is 86.4 cm³/mol. The molecule has 0 heterocycles. The van der Waals surface area contributed by atoms with E-state index in [0.717, 1.165) is 5.75 Å². The summed E-state index contributed by atoms with van der Waals surface area (Å²) < 4.78 is 16.0. The van der Waals surface area contributed by atoms with Crippen molar-refractivity contribution in [3.05, 3.63) is 54.1 Å². The summed E-state index contributed by atoms with van der Waals surface area (Å²) in [5.41, 5.74) is 0.626. The standard InChI is InChI=1S/C18H20O5/c1-13(19)14-3-5-17(6-4-14)22-11-15(20)12-23-18-9-7-16(21-2)8-10-18/h3-10,15,20H,11-12H2,1-2H3. The van der Waals surface area contributed by atoms with Crippen LogP contribution in [0.2, 0.25) is 0 Å². The van der Waals surface area contributed by atoms with Crippen LogP contribution in [0.4, 0.5) is 0 Å². The molecule has 2 rings (SSSR count). The first-order valence-corrected chi connectivity index (χ1v) is 7.27. The Morgan fingerprint density at radius 2 is 1.35 bits per heavy atom. The number of ether oxygens (including phenoxy) is 3. The third-order valence-electron chi connectivity index (χ3n) is 3.21. The van der Waals surface area contributed by atoms with Gasteiger partial charge in [0.25, 0.3) is 0 Å². The molecule has 0 aliphatic heterocycles. The molecule has 0 radical (unpaired) electrons. The minimum Gasteiger partial charge on any atom is -0.497 e. The van der Waals surface area contributed by atoms with Crippen molar-refractivity contribution in [3.63, 3.8) is 0 Å². The number of carbonyl (C=O) groups excluding carboxylic acids is 1. The van der Waals surface area contributed by atoms with Crippen molar-refractivity contribution in [2.24, 2.45) is 0 Å². The molecule has 2 aromatic rings. The summed E-state index contributed by atoms with van der Waals surface area (Å²) in [6.07, 6.45) is -0.760. The lowest BCUT2D eigenvalue weighted by atomic mass is 10.1. The van der Waals surface area contributed by atoms with Crippen LogP contribution >= 0.6 is 0 Å². The van der Waals surface area contributed by atoms with Crippen molar-refractivity contribution in [1.29, 1.82) is 0 Å². The minimum absolute atomic E-state index is 0.00414. The molecule has 0 amide bonds. The van der Waals surface area contributed by atoms with E-state index in [2.05, 4.69) is 0 Å². The van der Waals surface area contributed by atoms with Crippen LogP contribution in [-0.4, -0.2) is 37.3 Å². The molecule has 0 spiro atoms. The summed E-state index contributed by atoms with van der Waals surface area (Å²) in [5.74, 6) is 1.99. The zero-order valence-electron chi connectivity index (χ0n) is 13.2. The van der Waals surface area contributed by atoms with Gasteiger partial charge in [0, 0.05) is 5.56 Å². The summed E-state index contributed by atoms with van der Waals surface area (Å²) in [6, 6.07) is 13.9. The first-order valence-electron chi connectivity index (χ1n) is 7.27. The minimum atomic E-state index is -0.760. The van der Waals surface area contributed by atoms with Crippen LogP contribution < -0.4 is 14.2 Å². The normalized spacial score (nSPS) is 11.6. The van der Waals surface area contributed by atoms with Gasteiger partial charge in [-0.25, -0.2) is 0 Å². The monoisotopic (exact) mass is 316 g/mol. The highest BCUT2D eigenvalue weighted by atomic mass is 16.5. The van der Waals surface area contributed by atoms with E-state index < -0.39 is 6.10 Å². The Labute approximate surface area is 135 Å². The van der Waals surface area contributed by atoms with Gasteiger partial charge in [-0.15, -0.1) is 0 Å². The second-order valence-electron chi connectivity index (χ2n) is 5.03. The number of benzene rings is 2. The van der Waals surface area contributed by atoms with Crippen LogP contribution in [0.1, 0.15) is 17.3 Å². The zero-order chi connectivity index (χ0) is 16.7. The van der Waals surface area contributed by atoms with Crippen molar-refractivity contribution in [2.75, 3.05) is 20.3 Å². The smallest absolute Gasteiger partial charge is 0.159 e. The zero-order valence-corrected chi connectivity index (χ0v) is 13.2. The molecule has 0 saturated carbocycles. The average molecular weight is 316 g/mol.